The van der Waals surface area contributed by atoms with Crippen LogP contribution in [0.5, 0.6) is 17.4 Å². The number of para-hydroxylation sites is 1. The molecule has 0 amide bonds. The summed E-state index contributed by atoms with van der Waals surface area (Å²) in [6, 6.07) is 28.5. The molecule has 0 saturated heterocycles. The average molecular weight is 593 g/mol. The zero-order valence-corrected chi connectivity index (χ0v) is 18.9. The van der Waals surface area contributed by atoms with E-state index >= 15 is 0 Å². The van der Waals surface area contributed by atoms with Crippen LogP contribution in [0.25, 0.3) is 10.9 Å². The third-order valence-electron chi connectivity index (χ3n) is 4.72. The van der Waals surface area contributed by atoms with E-state index in [0.717, 1.165) is 21.7 Å². The first kappa shape index (κ1) is 20.6. The van der Waals surface area contributed by atoms with Crippen LogP contribution in [0.15, 0.2) is 83.9 Å². The van der Waals surface area contributed by atoms with Gasteiger partial charge in [0.25, 0.3) is 0 Å². The van der Waals surface area contributed by atoms with E-state index in [1.54, 1.807) is 30.0 Å². The fraction of sp³-hybridized carbons (Fsp3) is 0.0833. The number of rotatable bonds is 4. The summed E-state index contributed by atoms with van der Waals surface area (Å²) < 4.78 is 5.91. The molecular formula is C24H17N2O2PtS-. The number of hydrogen-bond acceptors (Lipinski definition) is 5. The second kappa shape index (κ2) is 9.03. The summed E-state index contributed by atoms with van der Waals surface area (Å²) in [5.74, 6) is 2.03. The molecule has 3 aromatic carbocycles. The molecule has 0 aliphatic carbocycles. The van der Waals surface area contributed by atoms with Crippen LogP contribution in [-0.4, -0.2) is 20.9 Å². The van der Waals surface area contributed by atoms with Crippen molar-refractivity contribution in [1.82, 2.24) is 4.98 Å². The minimum atomic E-state index is 0. The van der Waals surface area contributed by atoms with Crippen molar-refractivity contribution in [3.63, 3.8) is 0 Å². The van der Waals surface area contributed by atoms with Gasteiger partial charge in [0.15, 0.2) is 0 Å². The molecular weight excluding hydrogens is 575 g/mol. The predicted octanol–water partition coefficient (Wildman–Crippen LogP) is 5.77. The van der Waals surface area contributed by atoms with Gasteiger partial charge in [-0.2, -0.15) is 11.8 Å². The summed E-state index contributed by atoms with van der Waals surface area (Å²) in [6.45, 7) is 0. The maximum Gasteiger partial charge on any atom is 0.217 e. The molecule has 0 bridgehead atoms. The van der Waals surface area contributed by atoms with Gasteiger partial charge in [-0.05, 0) is 17.7 Å². The molecule has 1 N–H and O–H groups in total. The Kier molecular flexibility index (Phi) is 6.21. The summed E-state index contributed by atoms with van der Waals surface area (Å²) in [6.07, 6.45) is 0. The third kappa shape index (κ3) is 4.28. The molecule has 2 heterocycles. The third-order valence-corrected chi connectivity index (χ3v) is 5.80. The number of hydrogen-bond donors (Lipinski definition) is 1. The number of benzene rings is 3. The van der Waals surface area contributed by atoms with Crippen molar-refractivity contribution >= 4 is 27.7 Å². The minimum absolute atomic E-state index is 0. The number of pyridine rings is 1. The van der Waals surface area contributed by atoms with E-state index in [-0.39, 0.29) is 32.9 Å². The van der Waals surface area contributed by atoms with Crippen LogP contribution in [0.2, 0.25) is 0 Å². The molecule has 30 heavy (non-hydrogen) atoms. The van der Waals surface area contributed by atoms with Gasteiger partial charge in [-0.25, -0.2) is 4.98 Å². The first-order chi connectivity index (χ1) is 14.3. The van der Waals surface area contributed by atoms with Crippen LogP contribution in [0.3, 0.4) is 0 Å². The van der Waals surface area contributed by atoms with Crippen LogP contribution in [0.1, 0.15) is 17.2 Å². The van der Waals surface area contributed by atoms with Crippen LogP contribution in [-0.2, 0) is 21.1 Å². The Morgan fingerprint density at radius 3 is 2.63 bits per heavy atom. The molecule has 6 heteroatoms. The Labute approximate surface area is 193 Å². The standard InChI is InChI=1S/C24H17N2O2S.Pt/c27-21-11-5-8-17-12-13-22(26-23(17)21)28-19-10-4-9-18(14-19)24-25-20(15-29-24)16-6-2-1-3-7-16;/h1-13,20,27H,15H2;/q-1;/t20-;/m1./s1. The summed E-state index contributed by atoms with van der Waals surface area (Å²) in [4.78, 5) is 9.29. The zero-order valence-electron chi connectivity index (χ0n) is 15.8. The quantitative estimate of drug-likeness (QED) is 0.306. The Bertz CT molecular complexity index is 1210. The number of phenolic OH excluding ortho intramolecular Hbond substituents is 1. The van der Waals surface area contributed by atoms with Gasteiger partial charge in [-0.1, -0.05) is 48.5 Å². The van der Waals surface area contributed by atoms with Gasteiger partial charge in [0.05, 0.1) is 6.04 Å². The molecule has 1 aliphatic heterocycles. The van der Waals surface area contributed by atoms with Crippen LogP contribution in [0.4, 0.5) is 0 Å². The smallest absolute Gasteiger partial charge is 0.217 e. The van der Waals surface area contributed by atoms with Gasteiger partial charge in [-0.3, -0.25) is 0 Å². The largest absolute Gasteiger partial charge is 0.506 e. The second-order valence-electron chi connectivity index (χ2n) is 6.70. The first-order valence-electron chi connectivity index (χ1n) is 9.31. The van der Waals surface area contributed by atoms with Crippen molar-refractivity contribution in [2.45, 2.75) is 6.04 Å². The zero-order chi connectivity index (χ0) is 19.6. The number of aliphatic imine (C=N–C) groups is 1. The Morgan fingerprint density at radius 1 is 0.933 bits per heavy atom. The average Bonchev–Trinajstić information content (AvgIpc) is 3.26. The number of thioether (sulfide) groups is 1. The van der Waals surface area contributed by atoms with E-state index in [9.17, 15) is 5.11 Å². The number of phenols is 1. The molecule has 4 aromatic rings. The summed E-state index contributed by atoms with van der Waals surface area (Å²) in [5, 5.41) is 11.8. The first-order valence-corrected chi connectivity index (χ1v) is 10.3. The van der Waals surface area contributed by atoms with E-state index in [0.29, 0.717) is 17.1 Å². The maximum atomic E-state index is 10.0. The second-order valence-corrected chi connectivity index (χ2v) is 7.71. The number of aromatic hydroxyl groups is 1. The molecule has 0 fully saturated rings. The molecule has 4 nitrogen and oxygen atoms in total. The molecule has 1 atom stereocenters. The summed E-state index contributed by atoms with van der Waals surface area (Å²) in [5.41, 5.74) is 2.65. The number of fused-ring (bicyclic) bond motifs is 1. The molecule has 5 rings (SSSR count). The molecule has 0 spiro atoms. The topological polar surface area (TPSA) is 54.7 Å². The molecule has 1 aliphatic rings. The van der Waals surface area contributed by atoms with E-state index in [1.807, 2.05) is 48.5 Å². The minimum Gasteiger partial charge on any atom is -0.506 e. The number of ether oxygens (including phenoxy) is 1. The van der Waals surface area contributed by atoms with Crippen LogP contribution >= 0.6 is 11.8 Å². The van der Waals surface area contributed by atoms with Crippen molar-refractivity contribution in [2.75, 3.05) is 5.75 Å². The van der Waals surface area contributed by atoms with Crippen molar-refractivity contribution in [2.24, 2.45) is 4.99 Å². The van der Waals surface area contributed by atoms with Gasteiger partial charge in [-0.15, -0.1) is 23.8 Å². The van der Waals surface area contributed by atoms with E-state index in [2.05, 4.69) is 23.2 Å². The Morgan fingerprint density at radius 2 is 1.77 bits per heavy atom. The van der Waals surface area contributed by atoms with Crippen molar-refractivity contribution in [1.29, 1.82) is 0 Å². The normalized spacial score (nSPS) is 15.5. The van der Waals surface area contributed by atoms with Gasteiger partial charge in [0, 0.05) is 49.1 Å². The van der Waals surface area contributed by atoms with E-state index < -0.39 is 0 Å². The number of nitrogens with zero attached hydrogens (tertiary/aromatic N) is 2. The fourth-order valence-electron chi connectivity index (χ4n) is 3.28. The van der Waals surface area contributed by atoms with Gasteiger partial charge < -0.3 is 14.8 Å². The van der Waals surface area contributed by atoms with Crippen LogP contribution in [0, 0.1) is 6.07 Å². The molecule has 152 valence electrons. The fourth-order valence-corrected chi connectivity index (χ4v) is 4.34. The SMILES string of the molecule is Oc1cccc2ccc(Oc3[c-]c(C4=N[C@@H](c5ccccc5)CS4)ccc3)nc12.[Pt]. The van der Waals surface area contributed by atoms with Gasteiger partial charge in [0.2, 0.25) is 5.88 Å². The van der Waals surface area contributed by atoms with E-state index in [4.69, 9.17) is 9.73 Å². The van der Waals surface area contributed by atoms with Crippen LogP contribution < -0.4 is 4.74 Å². The summed E-state index contributed by atoms with van der Waals surface area (Å²) >= 11 is 1.73. The van der Waals surface area contributed by atoms with E-state index in [1.165, 1.54) is 5.56 Å². The monoisotopic (exact) mass is 592 g/mol. The molecule has 0 saturated carbocycles. The predicted molar refractivity (Wildman–Crippen MR) is 117 cm³/mol. The maximum absolute atomic E-state index is 10.0. The molecule has 0 unspecified atom stereocenters. The van der Waals surface area contributed by atoms with Crippen molar-refractivity contribution in [3.8, 4) is 17.4 Å². The summed E-state index contributed by atoms with van der Waals surface area (Å²) in [7, 11) is 0. The number of aromatic nitrogens is 1. The van der Waals surface area contributed by atoms with Crippen molar-refractivity contribution < 1.29 is 30.9 Å². The molecule has 0 radical (unpaired) electrons. The van der Waals surface area contributed by atoms with Gasteiger partial charge in [0.1, 0.15) is 11.3 Å². The van der Waals surface area contributed by atoms with Crippen molar-refractivity contribution in [3.05, 3.63) is 96.1 Å². The Balaban J connectivity index is 0.00000218. The van der Waals surface area contributed by atoms with Gasteiger partial charge >= 0.3 is 0 Å². The Hall–Kier alpha value is -2.62. The molecule has 1 aromatic heterocycles.